The number of rotatable bonds is 7. The summed E-state index contributed by atoms with van der Waals surface area (Å²) in [6, 6.07) is 4.05. The van der Waals surface area contributed by atoms with Crippen LogP contribution in [0, 0.1) is 0 Å². The van der Waals surface area contributed by atoms with Crippen molar-refractivity contribution in [1.29, 1.82) is 0 Å². The zero-order valence-corrected chi connectivity index (χ0v) is 9.82. The average Bonchev–Trinajstić information content (AvgIpc) is 2.73. The summed E-state index contributed by atoms with van der Waals surface area (Å²) in [7, 11) is 1.94. The fourth-order valence-corrected chi connectivity index (χ4v) is 1.82. The predicted molar refractivity (Wildman–Crippen MR) is 60.8 cm³/mol. The Morgan fingerprint density at radius 1 is 1.47 bits per heavy atom. The van der Waals surface area contributed by atoms with Crippen molar-refractivity contribution < 1.29 is 9.15 Å². The maximum Gasteiger partial charge on any atom is 0.123 e. The van der Waals surface area contributed by atoms with Crippen LogP contribution in [0.1, 0.15) is 38.5 Å². The van der Waals surface area contributed by atoms with Gasteiger partial charge in [0.1, 0.15) is 5.76 Å². The van der Waals surface area contributed by atoms with E-state index in [0.29, 0.717) is 0 Å². The Labute approximate surface area is 91.8 Å². The first-order valence-electron chi connectivity index (χ1n) is 5.65. The molecule has 0 fully saturated rings. The highest BCUT2D eigenvalue weighted by atomic mass is 16.5. The zero-order chi connectivity index (χ0) is 11.1. The smallest absolute Gasteiger partial charge is 0.123 e. The molecule has 0 aromatic carbocycles. The van der Waals surface area contributed by atoms with Crippen LogP contribution < -0.4 is 5.32 Å². The molecule has 3 nitrogen and oxygen atoms in total. The summed E-state index contributed by atoms with van der Waals surface area (Å²) in [4.78, 5) is 0. The van der Waals surface area contributed by atoms with Crippen LogP contribution in [0.15, 0.2) is 22.8 Å². The largest absolute Gasteiger partial charge is 0.468 e. The molecule has 1 N–H and O–H groups in total. The molecule has 1 aromatic heterocycles. The molecule has 0 aliphatic carbocycles. The van der Waals surface area contributed by atoms with Gasteiger partial charge in [-0.05, 0) is 32.5 Å². The summed E-state index contributed by atoms with van der Waals surface area (Å²) in [6.45, 7) is 4.93. The molecule has 2 unspecified atom stereocenters. The van der Waals surface area contributed by atoms with Crippen molar-refractivity contribution >= 4 is 0 Å². The molecule has 0 bridgehead atoms. The van der Waals surface area contributed by atoms with E-state index >= 15 is 0 Å². The number of nitrogens with one attached hydrogen (secondary N) is 1. The Kier molecular flexibility index (Phi) is 5.43. The number of hydrogen-bond donors (Lipinski definition) is 1. The average molecular weight is 211 g/mol. The van der Waals surface area contributed by atoms with Crippen molar-refractivity contribution in [2.24, 2.45) is 0 Å². The second-order valence-corrected chi connectivity index (χ2v) is 3.56. The maximum atomic E-state index is 5.74. The van der Waals surface area contributed by atoms with Gasteiger partial charge in [0.2, 0.25) is 0 Å². The van der Waals surface area contributed by atoms with Crippen LogP contribution in [0.4, 0.5) is 0 Å². The van der Waals surface area contributed by atoms with Gasteiger partial charge in [0, 0.05) is 6.61 Å². The molecule has 0 aliphatic heterocycles. The first-order chi connectivity index (χ1) is 7.33. The molecule has 0 spiro atoms. The minimum absolute atomic E-state index is 0.153. The SMILES string of the molecule is CCCC(OCC)C(NC)c1ccco1. The normalized spacial score (nSPS) is 15.1. The van der Waals surface area contributed by atoms with Crippen LogP contribution in [-0.2, 0) is 4.74 Å². The molecule has 86 valence electrons. The van der Waals surface area contributed by atoms with Crippen LogP contribution in [-0.4, -0.2) is 19.8 Å². The Balaban J connectivity index is 2.69. The van der Waals surface area contributed by atoms with Gasteiger partial charge in [-0.3, -0.25) is 0 Å². The molecular weight excluding hydrogens is 190 g/mol. The van der Waals surface area contributed by atoms with E-state index in [0.717, 1.165) is 25.2 Å². The van der Waals surface area contributed by atoms with Gasteiger partial charge in [0.25, 0.3) is 0 Å². The lowest BCUT2D eigenvalue weighted by Gasteiger charge is -2.24. The second-order valence-electron chi connectivity index (χ2n) is 3.56. The lowest BCUT2D eigenvalue weighted by molar-refractivity contribution is 0.0242. The zero-order valence-electron chi connectivity index (χ0n) is 9.82. The highest BCUT2D eigenvalue weighted by Gasteiger charge is 2.23. The Bertz CT molecular complexity index is 240. The van der Waals surface area contributed by atoms with Crippen LogP contribution in [0.2, 0.25) is 0 Å². The molecule has 0 amide bonds. The fraction of sp³-hybridized carbons (Fsp3) is 0.667. The van der Waals surface area contributed by atoms with Crippen LogP contribution in [0.5, 0.6) is 0 Å². The lowest BCUT2D eigenvalue weighted by atomic mass is 10.0. The second kappa shape index (κ2) is 6.64. The minimum Gasteiger partial charge on any atom is -0.468 e. The first-order valence-corrected chi connectivity index (χ1v) is 5.65. The third kappa shape index (κ3) is 3.36. The van der Waals surface area contributed by atoms with E-state index in [-0.39, 0.29) is 12.1 Å². The number of likely N-dealkylation sites (N-methyl/N-ethyl adjacent to an activating group) is 1. The highest BCUT2D eigenvalue weighted by Crippen LogP contribution is 2.22. The van der Waals surface area contributed by atoms with Gasteiger partial charge in [0.05, 0.1) is 18.4 Å². The van der Waals surface area contributed by atoms with E-state index in [4.69, 9.17) is 9.15 Å². The van der Waals surface area contributed by atoms with Gasteiger partial charge in [-0.2, -0.15) is 0 Å². The molecule has 15 heavy (non-hydrogen) atoms. The standard InChI is InChI=1S/C12H21NO2/c1-4-7-10(14-5-2)12(13-3)11-8-6-9-15-11/h6,8-10,12-13H,4-5,7H2,1-3H3. The van der Waals surface area contributed by atoms with Crippen LogP contribution in [0.25, 0.3) is 0 Å². The van der Waals surface area contributed by atoms with Crippen LogP contribution in [0.3, 0.4) is 0 Å². The highest BCUT2D eigenvalue weighted by molar-refractivity contribution is 5.06. The Morgan fingerprint density at radius 3 is 2.73 bits per heavy atom. The van der Waals surface area contributed by atoms with Gasteiger partial charge in [0.15, 0.2) is 0 Å². The molecule has 1 aromatic rings. The monoisotopic (exact) mass is 211 g/mol. The van der Waals surface area contributed by atoms with E-state index in [9.17, 15) is 0 Å². The van der Waals surface area contributed by atoms with Gasteiger partial charge in [-0.25, -0.2) is 0 Å². The van der Waals surface area contributed by atoms with Crippen molar-refractivity contribution in [3.05, 3.63) is 24.2 Å². The summed E-state index contributed by atoms with van der Waals surface area (Å²) < 4.78 is 11.2. The van der Waals surface area contributed by atoms with Crippen molar-refractivity contribution in [3.8, 4) is 0 Å². The molecular formula is C12H21NO2. The summed E-state index contributed by atoms with van der Waals surface area (Å²) in [5.74, 6) is 0.949. The minimum atomic E-state index is 0.153. The van der Waals surface area contributed by atoms with E-state index in [1.807, 2.05) is 26.1 Å². The van der Waals surface area contributed by atoms with Gasteiger partial charge >= 0.3 is 0 Å². The topological polar surface area (TPSA) is 34.4 Å². The predicted octanol–water partition coefficient (Wildman–Crippen LogP) is 2.75. The lowest BCUT2D eigenvalue weighted by Crippen LogP contribution is -2.31. The van der Waals surface area contributed by atoms with E-state index in [2.05, 4.69) is 12.2 Å². The molecule has 3 heteroatoms. The van der Waals surface area contributed by atoms with Crippen molar-refractivity contribution in [2.75, 3.05) is 13.7 Å². The van der Waals surface area contributed by atoms with Gasteiger partial charge in [-0.1, -0.05) is 13.3 Å². The Hall–Kier alpha value is -0.800. The summed E-state index contributed by atoms with van der Waals surface area (Å²) in [6.07, 6.45) is 4.05. The number of hydrogen-bond acceptors (Lipinski definition) is 3. The molecule has 0 saturated carbocycles. The maximum absolute atomic E-state index is 5.74. The first kappa shape index (κ1) is 12.3. The van der Waals surface area contributed by atoms with Crippen LogP contribution >= 0.6 is 0 Å². The molecule has 1 rings (SSSR count). The third-order valence-electron chi connectivity index (χ3n) is 2.49. The van der Waals surface area contributed by atoms with Crippen molar-refractivity contribution in [2.45, 2.75) is 38.8 Å². The number of ether oxygens (including phenoxy) is 1. The molecule has 0 saturated heterocycles. The van der Waals surface area contributed by atoms with Gasteiger partial charge in [-0.15, -0.1) is 0 Å². The molecule has 1 heterocycles. The van der Waals surface area contributed by atoms with Crippen molar-refractivity contribution in [3.63, 3.8) is 0 Å². The van der Waals surface area contributed by atoms with Crippen molar-refractivity contribution in [1.82, 2.24) is 5.32 Å². The molecule has 0 aliphatic rings. The molecule has 0 radical (unpaired) electrons. The van der Waals surface area contributed by atoms with Gasteiger partial charge < -0.3 is 14.5 Å². The number of furan rings is 1. The molecule has 2 atom stereocenters. The summed E-state index contributed by atoms with van der Waals surface area (Å²) in [5, 5.41) is 3.26. The van der Waals surface area contributed by atoms with E-state index in [1.54, 1.807) is 6.26 Å². The van der Waals surface area contributed by atoms with E-state index < -0.39 is 0 Å². The summed E-state index contributed by atoms with van der Waals surface area (Å²) in [5.41, 5.74) is 0. The van der Waals surface area contributed by atoms with E-state index in [1.165, 1.54) is 0 Å². The quantitative estimate of drug-likeness (QED) is 0.753. The summed E-state index contributed by atoms with van der Waals surface area (Å²) >= 11 is 0. The third-order valence-corrected chi connectivity index (χ3v) is 2.49. The Morgan fingerprint density at radius 2 is 2.27 bits per heavy atom. The fourth-order valence-electron chi connectivity index (χ4n) is 1.82.